The number of aliphatic carboxylic acids is 1. The molecule has 0 aliphatic heterocycles. The van der Waals surface area contributed by atoms with Gasteiger partial charge in [0.1, 0.15) is 0 Å². The van der Waals surface area contributed by atoms with Gasteiger partial charge in [-0.1, -0.05) is 11.2 Å². The highest BCUT2D eigenvalue weighted by Crippen LogP contribution is 2.25. The summed E-state index contributed by atoms with van der Waals surface area (Å²) in [6, 6.07) is 2.53. The van der Waals surface area contributed by atoms with E-state index in [2.05, 4.69) is 10.0 Å². The lowest BCUT2D eigenvalue weighted by molar-refractivity contribution is -0.137. The first-order chi connectivity index (χ1) is 8.54. The summed E-state index contributed by atoms with van der Waals surface area (Å²) in [7, 11) is 0. The van der Waals surface area contributed by atoms with Crippen LogP contribution in [0.15, 0.2) is 23.3 Å². The molecule has 0 aliphatic rings. The van der Waals surface area contributed by atoms with Gasteiger partial charge in [-0.25, -0.2) is 8.78 Å². The second-order valence-corrected chi connectivity index (χ2v) is 3.68. The number of nitrogens with zero attached hydrogens (tertiary/aromatic N) is 3. The number of benzene rings is 1. The molecular weight excluding hydrogens is 244 g/mol. The average molecular weight is 255 g/mol. The molecule has 1 unspecified atom stereocenters. The molecule has 0 radical (unpaired) electrons. The Labute approximate surface area is 102 Å². The number of halogens is 2. The van der Waals surface area contributed by atoms with Crippen LogP contribution in [0.5, 0.6) is 0 Å². The number of carboxylic acids is 1. The summed E-state index contributed by atoms with van der Waals surface area (Å²) in [5.74, 6) is -2.96. The number of hydrogen-bond acceptors (Lipinski definition) is 2. The van der Waals surface area contributed by atoms with Crippen molar-refractivity contribution in [3.63, 3.8) is 0 Å². The van der Waals surface area contributed by atoms with E-state index in [1.807, 2.05) is 0 Å². The number of carboxylic acid groups (broad SMARTS) is 1. The molecule has 0 saturated carbocycles. The topological polar surface area (TPSA) is 86.1 Å². The zero-order valence-corrected chi connectivity index (χ0v) is 9.38. The first-order valence-corrected chi connectivity index (χ1v) is 5.25. The summed E-state index contributed by atoms with van der Waals surface area (Å²) < 4.78 is 25.8. The highest BCUT2D eigenvalue weighted by molar-refractivity contribution is 5.66. The molecule has 5 nitrogen and oxygen atoms in total. The molecule has 1 N–H and O–H groups in total. The maximum atomic E-state index is 13.0. The van der Waals surface area contributed by atoms with Crippen LogP contribution in [0, 0.1) is 11.6 Å². The minimum atomic E-state index is -1.02. The third kappa shape index (κ3) is 4.03. The van der Waals surface area contributed by atoms with E-state index in [0.717, 1.165) is 12.1 Å². The van der Waals surface area contributed by atoms with Gasteiger partial charge in [-0.15, -0.1) is 0 Å². The van der Waals surface area contributed by atoms with Crippen molar-refractivity contribution >= 4 is 5.97 Å². The third-order valence-corrected chi connectivity index (χ3v) is 2.39. The maximum absolute atomic E-state index is 13.0. The fraction of sp³-hybridized carbons (Fsp3) is 0.364. The van der Waals surface area contributed by atoms with Gasteiger partial charge >= 0.3 is 5.97 Å². The molecule has 0 aromatic heterocycles. The molecule has 0 bridgehead atoms. The minimum Gasteiger partial charge on any atom is -0.481 e. The van der Waals surface area contributed by atoms with Gasteiger partial charge in [0, 0.05) is 11.3 Å². The number of azide groups is 1. The predicted octanol–water partition coefficient (Wildman–Crippen LogP) is 3.57. The summed E-state index contributed by atoms with van der Waals surface area (Å²) in [5.41, 5.74) is 8.74. The van der Waals surface area contributed by atoms with E-state index < -0.39 is 23.6 Å². The second-order valence-electron chi connectivity index (χ2n) is 3.68. The Morgan fingerprint density at radius 3 is 2.72 bits per heavy atom. The standard InChI is InChI=1S/C11H11F2N3O2/c12-8-5-4-7(6-9(8)13)10(15-16-14)2-1-3-11(17)18/h4-6,10H,1-3H2,(H,17,18). The molecule has 18 heavy (non-hydrogen) atoms. The Bertz CT molecular complexity index is 487. The van der Waals surface area contributed by atoms with Crippen LogP contribution in [-0.2, 0) is 4.79 Å². The Morgan fingerprint density at radius 1 is 1.44 bits per heavy atom. The first kappa shape index (κ1) is 13.9. The zero-order chi connectivity index (χ0) is 13.5. The van der Waals surface area contributed by atoms with Gasteiger partial charge in [0.25, 0.3) is 0 Å². The fourth-order valence-electron chi connectivity index (χ4n) is 1.52. The lowest BCUT2D eigenvalue weighted by Gasteiger charge is -2.10. The molecule has 1 aromatic rings. The highest BCUT2D eigenvalue weighted by Gasteiger charge is 2.13. The van der Waals surface area contributed by atoms with Crippen molar-refractivity contribution in [2.45, 2.75) is 25.3 Å². The smallest absolute Gasteiger partial charge is 0.303 e. The Balaban J connectivity index is 2.80. The third-order valence-electron chi connectivity index (χ3n) is 2.39. The summed E-state index contributed by atoms with van der Waals surface area (Å²) in [6.07, 6.45) is 0.487. The largest absolute Gasteiger partial charge is 0.481 e. The van der Waals surface area contributed by atoms with E-state index in [1.54, 1.807) is 0 Å². The van der Waals surface area contributed by atoms with Crippen LogP contribution in [0.4, 0.5) is 8.78 Å². The first-order valence-electron chi connectivity index (χ1n) is 5.25. The molecule has 0 aliphatic carbocycles. The normalized spacial score (nSPS) is 11.7. The van der Waals surface area contributed by atoms with E-state index in [4.69, 9.17) is 10.6 Å². The molecule has 0 amide bonds. The lowest BCUT2D eigenvalue weighted by Crippen LogP contribution is -2.00. The molecule has 0 saturated heterocycles. The van der Waals surface area contributed by atoms with Gasteiger partial charge in [-0.05, 0) is 36.1 Å². The van der Waals surface area contributed by atoms with Gasteiger partial charge in [0.2, 0.25) is 0 Å². The molecule has 0 spiro atoms. The maximum Gasteiger partial charge on any atom is 0.303 e. The van der Waals surface area contributed by atoms with Gasteiger partial charge in [0.05, 0.1) is 6.04 Å². The SMILES string of the molecule is [N-]=[N+]=NC(CCCC(=O)O)c1ccc(F)c(F)c1. The van der Waals surface area contributed by atoms with E-state index >= 15 is 0 Å². The minimum absolute atomic E-state index is 0.0683. The monoisotopic (exact) mass is 255 g/mol. The molecule has 1 atom stereocenters. The highest BCUT2D eigenvalue weighted by atomic mass is 19.2. The predicted molar refractivity (Wildman–Crippen MR) is 59.7 cm³/mol. The number of carbonyl (C=O) groups is 1. The lowest BCUT2D eigenvalue weighted by atomic mass is 10.0. The second kappa shape index (κ2) is 6.56. The van der Waals surface area contributed by atoms with E-state index in [0.29, 0.717) is 5.56 Å². The van der Waals surface area contributed by atoms with E-state index in [9.17, 15) is 13.6 Å². The Kier molecular flexibility index (Phi) is 5.07. The molecule has 0 fully saturated rings. The van der Waals surface area contributed by atoms with Crippen LogP contribution in [0.3, 0.4) is 0 Å². The van der Waals surface area contributed by atoms with Gasteiger partial charge in [-0.3, -0.25) is 4.79 Å². The zero-order valence-electron chi connectivity index (χ0n) is 9.38. The Morgan fingerprint density at radius 2 is 2.17 bits per heavy atom. The van der Waals surface area contributed by atoms with Gasteiger partial charge in [-0.2, -0.15) is 0 Å². The summed E-state index contributed by atoms with van der Waals surface area (Å²) in [4.78, 5) is 13.0. The van der Waals surface area contributed by atoms with Crippen molar-refractivity contribution in [2.75, 3.05) is 0 Å². The van der Waals surface area contributed by atoms with Crippen molar-refractivity contribution in [3.05, 3.63) is 45.8 Å². The van der Waals surface area contributed by atoms with Gasteiger partial charge < -0.3 is 5.11 Å². The molecular formula is C11H11F2N3O2. The van der Waals surface area contributed by atoms with Crippen LogP contribution in [0.1, 0.15) is 30.9 Å². The van der Waals surface area contributed by atoms with Crippen molar-refractivity contribution in [2.24, 2.45) is 5.11 Å². The number of rotatable bonds is 6. The van der Waals surface area contributed by atoms with Crippen molar-refractivity contribution in [1.82, 2.24) is 0 Å². The van der Waals surface area contributed by atoms with Crippen LogP contribution in [0.2, 0.25) is 0 Å². The van der Waals surface area contributed by atoms with E-state index in [1.165, 1.54) is 6.07 Å². The van der Waals surface area contributed by atoms with Crippen LogP contribution < -0.4 is 0 Å². The van der Waals surface area contributed by atoms with Crippen molar-refractivity contribution < 1.29 is 18.7 Å². The number of hydrogen-bond donors (Lipinski definition) is 1. The molecule has 1 aromatic carbocycles. The van der Waals surface area contributed by atoms with Crippen LogP contribution in [-0.4, -0.2) is 11.1 Å². The molecule has 7 heteroatoms. The summed E-state index contributed by atoms with van der Waals surface area (Å²) in [6.45, 7) is 0. The molecule has 1 rings (SSSR count). The van der Waals surface area contributed by atoms with Crippen molar-refractivity contribution in [1.29, 1.82) is 0 Å². The molecule has 96 valence electrons. The quantitative estimate of drug-likeness (QED) is 0.478. The molecule has 0 heterocycles. The van der Waals surface area contributed by atoms with Gasteiger partial charge in [0.15, 0.2) is 11.6 Å². The van der Waals surface area contributed by atoms with Crippen molar-refractivity contribution in [3.8, 4) is 0 Å². The summed E-state index contributed by atoms with van der Waals surface area (Å²) in [5, 5.41) is 12.0. The fourth-order valence-corrected chi connectivity index (χ4v) is 1.52. The van der Waals surface area contributed by atoms with Crippen LogP contribution in [0.25, 0.3) is 10.4 Å². The van der Waals surface area contributed by atoms with E-state index in [-0.39, 0.29) is 19.3 Å². The van der Waals surface area contributed by atoms with Crippen LogP contribution >= 0.6 is 0 Å². The Hall–Kier alpha value is -2.14. The average Bonchev–Trinajstić information content (AvgIpc) is 2.31. The summed E-state index contributed by atoms with van der Waals surface area (Å²) >= 11 is 0.